The molecule has 0 saturated heterocycles. The van der Waals surface area contributed by atoms with Gasteiger partial charge in [0.2, 0.25) is 0 Å². The van der Waals surface area contributed by atoms with E-state index in [4.69, 9.17) is 14.2 Å². The Hall–Kier alpha value is -1.42. The molecule has 0 bridgehead atoms. The van der Waals surface area contributed by atoms with E-state index >= 15 is 0 Å². The highest BCUT2D eigenvalue weighted by molar-refractivity contribution is 5.55. The molecule has 1 aromatic carbocycles. The second kappa shape index (κ2) is 5.96. The highest BCUT2D eigenvalue weighted by Gasteiger charge is 2.15. The van der Waals surface area contributed by atoms with Gasteiger partial charge in [-0.05, 0) is 18.1 Å². The fourth-order valence-corrected chi connectivity index (χ4v) is 1.93. The maximum absolute atomic E-state index is 5.57. The van der Waals surface area contributed by atoms with Gasteiger partial charge in [0.25, 0.3) is 0 Å². The summed E-state index contributed by atoms with van der Waals surface area (Å²) in [4.78, 5) is 0. The SMILES string of the molecule is COCC(Nc1ccc2c(c1)OCCO2)C(C)C. The van der Waals surface area contributed by atoms with Crippen molar-refractivity contribution in [1.29, 1.82) is 0 Å². The van der Waals surface area contributed by atoms with Crippen LogP contribution in [0, 0.1) is 5.92 Å². The quantitative estimate of drug-likeness (QED) is 0.873. The Kier molecular flexibility index (Phi) is 4.31. The lowest BCUT2D eigenvalue weighted by atomic mass is 10.0. The first-order valence-corrected chi connectivity index (χ1v) is 6.36. The summed E-state index contributed by atoms with van der Waals surface area (Å²) in [7, 11) is 1.72. The molecule has 1 aliphatic heterocycles. The molecule has 4 nitrogen and oxygen atoms in total. The molecule has 0 aromatic heterocycles. The minimum absolute atomic E-state index is 0.289. The molecular formula is C14H21NO3. The first kappa shape index (κ1) is 13.0. The zero-order valence-electron chi connectivity index (χ0n) is 11.2. The van der Waals surface area contributed by atoms with E-state index < -0.39 is 0 Å². The van der Waals surface area contributed by atoms with Gasteiger partial charge < -0.3 is 19.5 Å². The predicted molar refractivity (Wildman–Crippen MR) is 71.6 cm³/mol. The van der Waals surface area contributed by atoms with E-state index in [0.29, 0.717) is 25.7 Å². The second-order valence-electron chi connectivity index (χ2n) is 4.81. The molecule has 1 aliphatic rings. The van der Waals surface area contributed by atoms with Gasteiger partial charge in [-0.15, -0.1) is 0 Å². The monoisotopic (exact) mass is 251 g/mol. The number of nitrogens with one attached hydrogen (secondary N) is 1. The number of fused-ring (bicyclic) bond motifs is 1. The van der Waals surface area contributed by atoms with E-state index in [9.17, 15) is 0 Å². The van der Waals surface area contributed by atoms with Crippen LogP contribution in [0.25, 0.3) is 0 Å². The fraction of sp³-hybridized carbons (Fsp3) is 0.571. The van der Waals surface area contributed by atoms with Crippen molar-refractivity contribution in [1.82, 2.24) is 0 Å². The first-order valence-electron chi connectivity index (χ1n) is 6.36. The molecule has 0 aliphatic carbocycles. The number of hydrogen-bond donors (Lipinski definition) is 1. The highest BCUT2D eigenvalue weighted by Crippen LogP contribution is 2.33. The molecule has 18 heavy (non-hydrogen) atoms. The topological polar surface area (TPSA) is 39.7 Å². The van der Waals surface area contributed by atoms with Crippen LogP contribution in [-0.4, -0.2) is 33.0 Å². The number of ether oxygens (including phenoxy) is 3. The van der Waals surface area contributed by atoms with Gasteiger partial charge in [0, 0.05) is 18.9 Å². The maximum Gasteiger partial charge on any atom is 0.163 e. The Morgan fingerprint density at radius 2 is 1.94 bits per heavy atom. The Bertz CT molecular complexity index is 393. The third-order valence-corrected chi connectivity index (χ3v) is 3.05. The van der Waals surface area contributed by atoms with Crippen molar-refractivity contribution in [2.75, 3.05) is 32.2 Å². The van der Waals surface area contributed by atoms with Crippen molar-refractivity contribution in [2.24, 2.45) is 5.92 Å². The van der Waals surface area contributed by atoms with E-state index in [0.717, 1.165) is 17.2 Å². The van der Waals surface area contributed by atoms with Gasteiger partial charge in [-0.25, -0.2) is 0 Å². The average Bonchev–Trinajstić information content (AvgIpc) is 2.38. The summed E-state index contributed by atoms with van der Waals surface area (Å²) < 4.78 is 16.3. The first-order chi connectivity index (χ1) is 8.70. The summed E-state index contributed by atoms with van der Waals surface area (Å²) in [6.45, 7) is 6.27. The molecule has 0 spiro atoms. The molecule has 1 atom stereocenters. The molecule has 0 saturated carbocycles. The summed E-state index contributed by atoms with van der Waals surface area (Å²) in [5, 5.41) is 3.47. The van der Waals surface area contributed by atoms with Crippen molar-refractivity contribution in [3.63, 3.8) is 0 Å². The van der Waals surface area contributed by atoms with Crippen molar-refractivity contribution < 1.29 is 14.2 Å². The summed E-state index contributed by atoms with van der Waals surface area (Å²) in [5.74, 6) is 2.13. The third-order valence-electron chi connectivity index (χ3n) is 3.05. The van der Waals surface area contributed by atoms with Crippen LogP contribution in [0.1, 0.15) is 13.8 Å². The standard InChI is InChI=1S/C14H21NO3/c1-10(2)12(9-16-3)15-11-4-5-13-14(8-11)18-7-6-17-13/h4-5,8,10,12,15H,6-7,9H2,1-3H3. The average molecular weight is 251 g/mol. The van der Waals surface area contributed by atoms with Crippen LogP contribution in [0.5, 0.6) is 11.5 Å². The third kappa shape index (κ3) is 3.07. The molecule has 1 unspecified atom stereocenters. The van der Waals surface area contributed by atoms with Crippen molar-refractivity contribution in [3.05, 3.63) is 18.2 Å². The van der Waals surface area contributed by atoms with Crippen LogP contribution < -0.4 is 14.8 Å². The lowest BCUT2D eigenvalue weighted by Gasteiger charge is -2.24. The highest BCUT2D eigenvalue weighted by atomic mass is 16.6. The summed E-state index contributed by atoms with van der Waals surface area (Å²) in [6.07, 6.45) is 0. The molecule has 1 aromatic rings. The minimum Gasteiger partial charge on any atom is -0.486 e. The van der Waals surface area contributed by atoms with Crippen LogP contribution in [-0.2, 0) is 4.74 Å². The predicted octanol–water partition coefficient (Wildman–Crippen LogP) is 2.54. The zero-order valence-corrected chi connectivity index (χ0v) is 11.2. The Labute approximate surface area is 108 Å². The normalized spacial score (nSPS) is 15.6. The van der Waals surface area contributed by atoms with Crippen molar-refractivity contribution >= 4 is 5.69 Å². The van der Waals surface area contributed by atoms with E-state index in [2.05, 4.69) is 19.2 Å². The van der Waals surface area contributed by atoms with Gasteiger partial charge in [0.05, 0.1) is 12.6 Å². The smallest absolute Gasteiger partial charge is 0.163 e. The number of benzene rings is 1. The number of methoxy groups -OCH3 is 1. The summed E-state index contributed by atoms with van der Waals surface area (Å²) in [5.41, 5.74) is 1.04. The van der Waals surface area contributed by atoms with Crippen LogP contribution in [0.3, 0.4) is 0 Å². The summed E-state index contributed by atoms with van der Waals surface area (Å²) >= 11 is 0. The Morgan fingerprint density at radius 1 is 1.22 bits per heavy atom. The van der Waals surface area contributed by atoms with Gasteiger partial charge in [-0.2, -0.15) is 0 Å². The summed E-state index contributed by atoms with van der Waals surface area (Å²) in [6, 6.07) is 6.23. The van der Waals surface area contributed by atoms with Crippen molar-refractivity contribution in [2.45, 2.75) is 19.9 Å². The largest absolute Gasteiger partial charge is 0.486 e. The molecule has 0 fully saturated rings. The molecule has 2 rings (SSSR count). The zero-order chi connectivity index (χ0) is 13.0. The van der Waals surface area contributed by atoms with E-state index in [-0.39, 0.29) is 6.04 Å². The second-order valence-corrected chi connectivity index (χ2v) is 4.81. The molecule has 0 radical (unpaired) electrons. The van der Waals surface area contributed by atoms with Gasteiger partial charge in [-0.3, -0.25) is 0 Å². The number of anilines is 1. The molecular weight excluding hydrogens is 230 g/mol. The van der Waals surface area contributed by atoms with Gasteiger partial charge in [0.15, 0.2) is 11.5 Å². The number of hydrogen-bond acceptors (Lipinski definition) is 4. The lowest BCUT2D eigenvalue weighted by molar-refractivity contribution is 0.169. The number of rotatable bonds is 5. The van der Waals surface area contributed by atoms with Gasteiger partial charge in [0.1, 0.15) is 13.2 Å². The molecule has 1 N–H and O–H groups in total. The van der Waals surface area contributed by atoms with E-state index in [1.54, 1.807) is 7.11 Å². The van der Waals surface area contributed by atoms with Gasteiger partial charge >= 0.3 is 0 Å². The Morgan fingerprint density at radius 3 is 2.61 bits per heavy atom. The molecule has 100 valence electrons. The van der Waals surface area contributed by atoms with Crippen molar-refractivity contribution in [3.8, 4) is 11.5 Å². The van der Waals surface area contributed by atoms with Gasteiger partial charge in [-0.1, -0.05) is 13.8 Å². The fourth-order valence-electron chi connectivity index (χ4n) is 1.93. The molecule has 4 heteroatoms. The van der Waals surface area contributed by atoms with E-state index in [1.165, 1.54) is 0 Å². The van der Waals surface area contributed by atoms with Crippen LogP contribution in [0.15, 0.2) is 18.2 Å². The van der Waals surface area contributed by atoms with Crippen LogP contribution >= 0.6 is 0 Å². The van der Waals surface area contributed by atoms with E-state index in [1.807, 2.05) is 18.2 Å². The maximum atomic E-state index is 5.57. The molecule has 0 amide bonds. The van der Waals surface area contributed by atoms with Crippen LogP contribution in [0.2, 0.25) is 0 Å². The lowest BCUT2D eigenvalue weighted by Crippen LogP contribution is -2.30. The Balaban J connectivity index is 2.08. The minimum atomic E-state index is 0.289. The van der Waals surface area contributed by atoms with Crippen LogP contribution in [0.4, 0.5) is 5.69 Å². The molecule has 1 heterocycles.